The summed E-state index contributed by atoms with van der Waals surface area (Å²) in [4.78, 5) is 0. The second kappa shape index (κ2) is 5.23. The van der Waals surface area contributed by atoms with Crippen molar-refractivity contribution in [1.29, 1.82) is 0 Å². The van der Waals surface area contributed by atoms with Crippen molar-refractivity contribution in [2.45, 2.75) is 13.5 Å². The zero-order chi connectivity index (χ0) is 12.3. The first-order chi connectivity index (χ1) is 8.13. The Hall–Kier alpha value is -1.48. The van der Waals surface area contributed by atoms with Crippen molar-refractivity contribution < 1.29 is 4.74 Å². The zero-order valence-electron chi connectivity index (χ0n) is 9.61. The number of nitrogens with two attached hydrogens (primary N) is 1. The predicted octanol–water partition coefficient (Wildman–Crippen LogP) is 3.92. The second-order valence-electron chi connectivity index (χ2n) is 3.99. The van der Waals surface area contributed by atoms with Crippen LogP contribution in [-0.4, -0.2) is 0 Å². The molecule has 0 fully saturated rings. The molecular weight excluding hydrogens is 278 g/mol. The Labute approximate surface area is 110 Å². The predicted molar refractivity (Wildman–Crippen MR) is 74.1 cm³/mol. The molecule has 0 heterocycles. The summed E-state index contributed by atoms with van der Waals surface area (Å²) >= 11 is 3.39. The molecule has 2 aromatic carbocycles. The van der Waals surface area contributed by atoms with Crippen molar-refractivity contribution in [2.24, 2.45) is 0 Å². The molecule has 0 aliphatic carbocycles. The zero-order valence-corrected chi connectivity index (χ0v) is 11.2. The maximum Gasteiger partial charge on any atom is 0.122 e. The highest BCUT2D eigenvalue weighted by molar-refractivity contribution is 9.10. The van der Waals surface area contributed by atoms with E-state index in [4.69, 9.17) is 10.5 Å². The summed E-state index contributed by atoms with van der Waals surface area (Å²) < 4.78 is 6.61. The lowest BCUT2D eigenvalue weighted by Crippen LogP contribution is -1.96. The first-order valence-electron chi connectivity index (χ1n) is 5.38. The van der Waals surface area contributed by atoms with Crippen LogP contribution in [0.3, 0.4) is 0 Å². The lowest BCUT2D eigenvalue weighted by Gasteiger charge is -2.08. The number of ether oxygens (including phenoxy) is 1. The minimum atomic E-state index is 0.552. The van der Waals surface area contributed by atoms with E-state index >= 15 is 0 Å². The van der Waals surface area contributed by atoms with Gasteiger partial charge in [-0.25, -0.2) is 0 Å². The van der Waals surface area contributed by atoms with Crippen LogP contribution in [0.2, 0.25) is 0 Å². The van der Waals surface area contributed by atoms with Crippen LogP contribution < -0.4 is 10.5 Å². The van der Waals surface area contributed by atoms with E-state index in [-0.39, 0.29) is 0 Å². The van der Waals surface area contributed by atoms with E-state index in [0.29, 0.717) is 12.3 Å². The summed E-state index contributed by atoms with van der Waals surface area (Å²) in [6, 6.07) is 13.9. The lowest BCUT2D eigenvalue weighted by atomic mass is 10.2. The molecule has 2 rings (SSSR count). The maximum atomic E-state index is 5.74. The number of benzene rings is 2. The minimum Gasteiger partial charge on any atom is -0.489 e. The van der Waals surface area contributed by atoms with Gasteiger partial charge in [-0.15, -0.1) is 0 Å². The van der Waals surface area contributed by atoms with Crippen LogP contribution in [-0.2, 0) is 6.61 Å². The highest BCUT2D eigenvalue weighted by Gasteiger charge is 1.99. The monoisotopic (exact) mass is 291 g/mol. The molecule has 0 saturated heterocycles. The molecule has 2 aromatic rings. The molecule has 0 atom stereocenters. The molecule has 88 valence electrons. The van der Waals surface area contributed by atoms with Crippen LogP contribution in [0.1, 0.15) is 11.1 Å². The van der Waals surface area contributed by atoms with Gasteiger partial charge >= 0.3 is 0 Å². The summed E-state index contributed by atoms with van der Waals surface area (Å²) in [5.41, 5.74) is 8.83. The number of hydrogen-bond acceptors (Lipinski definition) is 2. The average Bonchev–Trinajstić information content (AvgIpc) is 2.27. The molecule has 0 radical (unpaired) electrons. The van der Waals surface area contributed by atoms with Gasteiger partial charge in [-0.05, 0) is 24.6 Å². The molecule has 0 unspecified atom stereocenters. The summed E-state index contributed by atoms with van der Waals surface area (Å²) in [6.45, 7) is 2.62. The van der Waals surface area contributed by atoms with Gasteiger partial charge in [-0.1, -0.05) is 45.8 Å². The van der Waals surface area contributed by atoms with Crippen LogP contribution in [0.15, 0.2) is 46.9 Å². The van der Waals surface area contributed by atoms with E-state index in [1.807, 2.05) is 18.2 Å². The quantitative estimate of drug-likeness (QED) is 0.870. The Morgan fingerprint density at radius 3 is 2.47 bits per heavy atom. The number of rotatable bonds is 3. The molecule has 2 nitrogen and oxygen atoms in total. The SMILES string of the molecule is Cc1ccc(COc2cc(N)cc(Br)c2)cc1. The van der Waals surface area contributed by atoms with Crippen molar-refractivity contribution >= 4 is 21.6 Å². The summed E-state index contributed by atoms with van der Waals surface area (Å²) in [5, 5.41) is 0. The molecule has 17 heavy (non-hydrogen) atoms. The molecule has 0 spiro atoms. The number of hydrogen-bond donors (Lipinski definition) is 1. The lowest BCUT2D eigenvalue weighted by molar-refractivity contribution is 0.306. The van der Waals surface area contributed by atoms with Crippen LogP contribution in [0, 0.1) is 6.92 Å². The average molecular weight is 292 g/mol. The van der Waals surface area contributed by atoms with Gasteiger partial charge in [0.1, 0.15) is 12.4 Å². The molecular formula is C14H14BrNO. The Morgan fingerprint density at radius 1 is 1.12 bits per heavy atom. The van der Waals surface area contributed by atoms with Crippen molar-refractivity contribution in [2.75, 3.05) is 5.73 Å². The maximum absolute atomic E-state index is 5.74. The van der Waals surface area contributed by atoms with E-state index in [0.717, 1.165) is 15.8 Å². The molecule has 0 saturated carbocycles. The van der Waals surface area contributed by atoms with Gasteiger partial charge in [0.05, 0.1) is 0 Å². The number of nitrogen functional groups attached to an aromatic ring is 1. The van der Waals surface area contributed by atoms with Gasteiger partial charge in [0.15, 0.2) is 0 Å². The van der Waals surface area contributed by atoms with Gasteiger partial charge in [0.2, 0.25) is 0 Å². The van der Waals surface area contributed by atoms with Crippen molar-refractivity contribution in [3.8, 4) is 5.75 Å². The highest BCUT2D eigenvalue weighted by atomic mass is 79.9. The van der Waals surface area contributed by atoms with Crippen LogP contribution >= 0.6 is 15.9 Å². The van der Waals surface area contributed by atoms with Crippen LogP contribution in [0.5, 0.6) is 5.75 Å². The van der Waals surface area contributed by atoms with Gasteiger partial charge in [0, 0.05) is 16.2 Å². The first-order valence-corrected chi connectivity index (χ1v) is 6.17. The fourth-order valence-corrected chi connectivity index (χ4v) is 2.01. The second-order valence-corrected chi connectivity index (χ2v) is 4.91. The third kappa shape index (κ3) is 3.49. The molecule has 2 N–H and O–H groups in total. The van der Waals surface area contributed by atoms with Gasteiger partial charge in [-0.2, -0.15) is 0 Å². The number of aryl methyl sites for hydroxylation is 1. The van der Waals surface area contributed by atoms with E-state index in [2.05, 4.69) is 47.1 Å². The molecule has 0 aromatic heterocycles. The van der Waals surface area contributed by atoms with Crippen LogP contribution in [0.4, 0.5) is 5.69 Å². The van der Waals surface area contributed by atoms with Gasteiger partial charge in [-0.3, -0.25) is 0 Å². The third-order valence-corrected chi connectivity index (χ3v) is 2.88. The van der Waals surface area contributed by atoms with E-state index in [9.17, 15) is 0 Å². The van der Waals surface area contributed by atoms with E-state index < -0.39 is 0 Å². The van der Waals surface area contributed by atoms with Crippen molar-refractivity contribution in [3.05, 3.63) is 58.1 Å². The molecule has 3 heteroatoms. The third-order valence-electron chi connectivity index (χ3n) is 2.42. The largest absolute Gasteiger partial charge is 0.489 e. The fourth-order valence-electron chi connectivity index (χ4n) is 1.52. The number of halogens is 1. The van der Waals surface area contributed by atoms with E-state index in [1.54, 1.807) is 0 Å². The normalized spacial score (nSPS) is 10.2. The molecule has 0 amide bonds. The van der Waals surface area contributed by atoms with Gasteiger partial charge in [0.25, 0.3) is 0 Å². The van der Waals surface area contributed by atoms with E-state index in [1.165, 1.54) is 5.56 Å². The van der Waals surface area contributed by atoms with Gasteiger partial charge < -0.3 is 10.5 Å². The fraction of sp³-hybridized carbons (Fsp3) is 0.143. The Balaban J connectivity index is 2.04. The smallest absolute Gasteiger partial charge is 0.122 e. The Bertz CT molecular complexity index is 488. The first kappa shape index (κ1) is 12.0. The summed E-state index contributed by atoms with van der Waals surface area (Å²) in [5.74, 6) is 0.775. The molecule has 0 aliphatic rings. The Kier molecular flexibility index (Phi) is 3.69. The highest BCUT2D eigenvalue weighted by Crippen LogP contribution is 2.23. The summed E-state index contributed by atoms with van der Waals surface area (Å²) in [7, 11) is 0. The van der Waals surface area contributed by atoms with Crippen molar-refractivity contribution in [1.82, 2.24) is 0 Å². The molecule has 0 aliphatic heterocycles. The standard InChI is InChI=1S/C14H14BrNO/c1-10-2-4-11(5-3-10)9-17-14-7-12(15)6-13(16)8-14/h2-8H,9,16H2,1H3. The van der Waals surface area contributed by atoms with Crippen LogP contribution in [0.25, 0.3) is 0 Å². The Morgan fingerprint density at radius 2 is 1.82 bits per heavy atom. The summed E-state index contributed by atoms with van der Waals surface area (Å²) in [6.07, 6.45) is 0. The molecule has 0 bridgehead atoms. The minimum absolute atomic E-state index is 0.552. The topological polar surface area (TPSA) is 35.2 Å². The number of anilines is 1. The van der Waals surface area contributed by atoms with Crippen molar-refractivity contribution in [3.63, 3.8) is 0 Å².